The highest BCUT2D eigenvalue weighted by Gasteiger charge is 2.14. The average molecular weight is 382 g/mol. The third-order valence-corrected chi connectivity index (χ3v) is 5.71. The Hall–Kier alpha value is -2.70. The Morgan fingerprint density at radius 1 is 0.815 bits per heavy atom. The summed E-state index contributed by atoms with van der Waals surface area (Å²) in [5.41, 5.74) is 1.15. The molecule has 2 N–H and O–H groups in total. The first-order valence-electron chi connectivity index (χ1n) is 8.84. The Kier molecular flexibility index (Phi) is 6.21. The molecule has 27 heavy (non-hydrogen) atoms. The number of fused-ring (bicyclic) bond motifs is 1. The van der Waals surface area contributed by atoms with Crippen molar-refractivity contribution in [1.29, 1.82) is 0 Å². The van der Waals surface area contributed by atoms with Crippen molar-refractivity contribution < 1.29 is 13.2 Å². The Balaban J connectivity index is 1.47. The molecule has 5 nitrogen and oxygen atoms in total. The molecule has 3 aromatic rings. The van der Waals surface area contributed by atoms with Gasteiger partial charge < -0.3 is 5.32 Å². The largest absolute Gasteiger partial charge is 0.356 e. The molecule has 6 heteroatoms. The van der Waals surface area contributed by atoms with Crippen molar-refractivity contribution in [3.63, 3.8) is 0 Å². The molecule has 0 aliphatic carbocycles. The van der Waals surface area contributed by atoms with Crippen molar-refractivity contribution in [2.45, 2.75) is 17.7 Å². The standard InChI is InChI=1S/C21H22N2O3S/c24-21(22-14-12-17-6-2-1-3-7-17)13-15-23-27(25,26)20-11-10-18-8-4-5-9-19(18)16-20/h1-11,16,23H,12-15H2,(H,22,24). The van der Waals surface area contributed by atoms with Gasteiger partial charge in [-0.3, -0.25) is 4.79 Å². The maximum atomic E-state index is 12.4. The van der Waals surface area contributed by atoms with Gasteiger partial charge in [-0.25, -0.2) is 13.1 Å². The van der Waals surface area contributed by atoms with E-state index in [1.54, 1.807) is 18.2 Å². The fraction of sp³-hybridized carbons (Fsp3) is 0.190. The first-order valence-corrected chi connectivity index (χ1v) is 10.3. The van der Waals surface area contributed by atoms with E-state index >= 15 is 0 Å². The van der Waals surface area contributed by atoms with E-state index in [0.29, 0.717) is 6.54 Å². The topological polar surface area (TPSA) is 75.3 Å². The summed E-state index contributed by atoms with van der Waals surface area (Å²) < 4.78 is 27.3. The van der Waals surface area contributed by atoms with E-state index in [1.165, 1.54) is 0 Å². The lowest BCUT2D eigenvalue weighted by molar-refractivity contribution is -0.120. The molecule has 1 amide bonds. The number of carbonyl (C=O) groups is 1. The van der Waals surface area contributed by atoms with Crippen molar-refractivity contribution >= 4 is 26.7 Å². The van der Waals surface area contributed by atoms with Crippen molar-refractivity contribution in [1.82, 2.24) is 10.0 Å². The average Bonchev–Trinajstić information content (AvgIpc) is 2.68. The van der Waals surface area contributed by atoms with Crippen molar-refractivity contribution in [3.05, 3.63) is 78.4 Å². The molecule has 0 saturated heterocycles. The third kappa shape index (κ3) is 5.39. The number of rotatable bonds is 8. The van der Waals surface area contributed by atoms with Crippen molar-refractivity contribution in [2.75, 3.05) is 13.1 Å². The van der Waals surface area contributed by atoms with Crippen LogP contribution in [0.25, 0.3) is 10.8 Å². The second-order valence-corrected chi connectivity index (χ2v) is 8.01. The molecule has 0 heterocycles. The summed E-state index contributed by atoms with van der Waals surface area (Å²) in [6, 6.07) is 22.4. The van der Waals surface area contributed by atoms with Gasteiger partial charge in [0.2, 0.25) is 15.9 Å². The lowest BCUT2D eigenvalue weighted by atomic mass is 10.1. The van der Waals surface area contributed by atoms with Crippen LogP contribution in [0.4, 0.5) is 0 Å². The molecule has 0 atom stereocenters. The van der Waals surface area contributed by atoms with Gasteiger partial charge in [-0.2, -0.15) is 0 Å². The zero-order valence-corrected chi connectivity index (χ0v) is 15.7. The molecule has 0 unspecified atom stereocenters. The number of carbonyl (C=O) groups excluding carboxylic acids is 1. The number of amides is 1. The number of sulfonamides is 1. The summed E-state index contributed by atoms with van der Waals surface area (Å²) in [7, 11) is -3.64. The van der Waals surface area contributed by atoms with Crippen LogP contribution in [0.5, 0.6) is 0 Å². The predicted molar refractivity (Wildman–Crippen MR) is 107 cm³/mol. The zero-order chi connectivity index (χ0) is 19.1. The number of benzene rings is 3. The molecule has 0 aromatic heterocycles. The van der Waals surface area contributed by atoms with Crippen LogP contribution >= 0.6 is 0 Å². The molecule has 0 saturated carbocycles. The summed E-state index contributed by atoms with van der Waals surface area (Å²) in [6.45, 7) is 0.590. The van der Waals surface area contributed by atoms with Crippen LogP contribution in [0.3, 0.4) is 0 Å². The van der Waals surface area contributed by atoms with Crippen LogP contribution in [0.2, 0.25) is 0 Å². The summed E-state index contributed by atoms with van der Waals surface area (Å²) in [5.74, 6) is -0.174. The lowest BCUT2D eigenvalue weighted by Gasteiger charge is -2.09. The summed E-state index contributed by atoms with van der Waals surface area (Å²) in [6.07, 6.45) is 0.844. The Bertz CT molecular complexity index is 1020. The molecule has 3 aromatic carbocycles. The van der Waals surface area contributed by atoms with E-state index in [9.17, 15) is 13.2 Å². The van der Waals surface area contributed by atoms with E-state index in [4.69, 9.17) is 0 Å². The third-order valence-electron chi connectivity index (χ3n) is 4.25. The van der Waals surface area contributed by atoms with Gasteiger partial charge in [-0.05, 0) is 34.9 Å². The Morgan fingerprint density at radius 3 is 2.30 bits per heavy atom. The SMILES string of the molecule is O=C(CCNS(=O)(=O)c1ccc2ccccc2c1)NCCc1ccccc1. The minimum absolute atomic E-state index is 0.0618. The zero-order valence-electron chi connectivity index (χ0n) is 14.9. The van der Waals surface area contributed by atoms with Gasteiger partial charge in [-0.1, -0.05) is 60.7 Å². The summed E-state index contributed by atoms with van der Waals surface area (Å²) >= 11 is 0. The molecule has 0 aliphatic heterocycles. The van der Waals surface area contributed by atoms with Gasteiger partial charge in [0, 0.05) is 19.5 Å². The highest BCUT2D eigenvalue weighted by Crippen LogP contribution is 2.18. The van der Waals surface area contributed by atoms with Crippen LogP contribution in [-0.4, -0.2) is 27.4 Å². The van der Waals surface area contributed by atoms with Crippen LogP contribution in [0.1, 0.15) is 12.0 Å². The van der Waals surface area contributed by atoms with Gasteiger partial charge in [0.1, 0.15) is 0 Å². The minimum atomic E-state index is -3.64. The molecule has 140 valence electrons. The van der Waals surface area contributed by atoms with E-state index in [2.05, 4.69) is 10.0 Å². The second-order valence-electron chi connectivity index (χ2n) is 6.24. The monoisotopic (exact) mass is 382 g/mol. The van der Waals surface area contributed by atoms with Gasteiger partial charge in [0.05, 0.1) is 4.90 Å². The molecule has 0 fully saturated rings. The quantitative estimate of drug-likeness (QED) is 0.629. The highest BCUT2D eigenvalue weighted by atomic mass is 32.2. The molecule has 0 aliphatic rings. The minimum Gasteiger partial charge on any atom is -0.356 e. The molecular formula is C21H22N2O3S. The van der Waals surface area contributed by atoms with Crippen molar-refractivity contribution in [2.24, 2.45) is 0 Å². The fourth-order valence-electron chi connectivity index (χ4n) is 2.80. The van der Waals surface area contributed by atoms with Gasteiger partial charge >= 0.3 is 0 Å². The smallest absolute Gasteiger partial charge is 0.240 e. The lowest BCUT2D eigenvalue weighted by Crippen LogP contribution is -2.31. The maximum Gasteiger partial charge on any atom is 0.240 e. The summed E-state index contributed by atoms with van der Waals surface area (Å²) in [5, 5.41) is 4.65. The molecule has 0 bridgehead atoms. The Morgan fingerprint density at radius 2 is 1.52 bits per heavy atom. The van der Waals surface area contributed by atoms with E-state index in [1.807, 2.05) is 54.6 Å². The first-order chi connectivity index (χ1) is 13.0. The molecule has 0 spiro atoms. The van der Waals surface area contributed by atoms with Gasteiger partial charge in [-0.15, -0.1) is 0 Å². The number of hydrogen-bond acceptors (Lipinski definition) is 3. The van der Waals surface area contributed by atoms with E-state index in [-0.39, 0.29) is 23.8 Å². The molecule has 0 radical (unpaired) electrons. The van der Waals surface area contributed by atoms with Crippen LogP contribution in [0.15, 0.2) is 77.7 Å². The maximum absolute atomic E-state index is 12.4. The normalized spacial score (nSPS) is 11.4. The fourth-order valence-corrected chi connectivity index (χ4v) is 3.86. The Labute approximate surface area is 159 Å². The van der Waals surface area contributed by atoms with Crippen LogP contribution < -0.4 is 10.0 Å². The van der Waals surface area contributed by atoms with E-state index < -0.39 is 10.0 Å². The van der Waals surface area contributed by atoms with Crippen LogP contribution in [-0.2, 0) is 21.2 Å². The van der Waals surface area contributed by atoms with Gasteiger partial charge in [0.25, 0.3) is 0 Å². The number of hydrogen-bond donors (Lipinski definition) is 2. The second kappa shape index (κ2) is 8.79. The highest BCUT2D eigenvalue weighted by molar-refractivity contribution is 7.89. The first kappa shape index (κ1) is 19.1. The number of nitrogens with one attached hydrogen (secondary N) is 2. The molecular weight excluding hydrogens is 360 g/mol. The van der Waals surface area contributed by atoms with Gasteiger partial charge in [0.15, 0.2) is 0 Å². The van der Waals surface area contributed by atoms with Crippen molar-refractivity contribution in [3.8, 4) is 0 Å². The molecule has 3 rings (SSSR count). The van der Waals surface area contributed by atoms with Crippen LogP contribution in [0, 0.1) is 0 Å². The van der Waals surface area contributed by atoms with E-state index in [0.717, 1.165) is 22.8 Å². The predicted octanol–water partition coefficient (Wildman–Crippen LogP) is 2.87. The summed E-state index contributed by atoms with van der Waals surface area (Å²) in [4.78, 5) is 12.1.